The third-order valence-corrected chi connectivity index (χ3v) is 4.56. The summed E-state index contributed by atoms with van der Waals surface area (Å²) in [5.74, 6) is 2.85. The standard InChI is InChI=1S/C16H14N4O4S/c1-21-11-7-9(8-12(22-2)13(11)23-3)14-17-18-16-20(14)19-15(25-16)10-5-4-6-24-10/h4-8H,1-3H3. The lowest BCUT2D eigenvalue weighted by Gasteiger charge is -2.13. The van der Waals surface area contributed by atoms with Crippen LogP contribution in [0.5, 0.6) is 17.2 Å². The molecule has 8 nitrogen and oxygen atoms in total. The molecule has 0 saturated heterocycles. The van der Waals surface area contributed by atoms with E-state index < -0.39 is 0 Å². The Balaban J connectivity index is 1.87. The van der Waals surface area contributed by atoms with Crippen LogP contribution in [0.3, 0.4) is 0 Å². The van der Waals surface area contributed by atoms with Crippen LogP contribution in [0.1, 0.15) is 0 Å². The number of ether oxygens (including phenoxy) is 3. The van der Waals surface area contributed by atoms with Gasteiger partial charge in [0, 0.05) is 5.56 Å². The van der Waals surface area contributed by atoms with Gasteiger partial charge in [-0.2, -0.15) is 4.52 Å². The lowest BCUT2D eigenvalue weighted by atomic mass is 10.1. The second kappa shape index (κ2) is 6.10. The molecule has 0 spiro atoms. The van der Waals surface area contributed by atoms with Crippen molar-refractivity contribution in [1.82, 2.24) is 19.8 Å². The summed E-state index contributed by atoms with van der Waals surface area (Å²) in [4.78, 5) is 0.662. The van der Waals surface area contributed by atoms with Crippen molar-refractivity contribution in [3.05, 3.63) is 30.5 Å². The highest BCUT2D eigenvalue weighted by Gasteiger charge is 2.20. The molecule has 0 atom stereocenters. The summed E-state index contributed by atoms with van der Waals surface area (Å²) in [5, 5.41) is 13.7. The number of fused-ring (bicyclic) bond motifs is 1. The second-order valence-electron chi connectivity index (χ2n) is 5.02. The Morgan fingerprint density at radius 1 is 1.04 bits per heavy atom. The van der Waals surface area contributed by atoms with Crippen LogP contribution in [0.15, 0.2) is 34.9 Å². The summed E-state index contributed by atoms with van der Waals surface area (Å²) >= 11 is 1.40. The van der Waals surface area contributed by atoms with E-state index in [0.29, 0.717) is 33.8 Å². The number of furan rings is 1. The Labute approximate surface area is 146 Å². The van der Waals surface area contributed by atoms with Crippen molar-refractivity contribution in [3.63, 3.8) is 0 Å². The van der Waals surface area contributed by atoms with Crippen LogP contribution >= 0.6 is 11.3 Å². The van der Waals surface area contributed by atoms with E-state index in [2.05, 4.69) is 15.3 Å². The highest BCUT2D eigenvalue weighted by atomic mass is 32.1. The summed E-state index contributed by atoms with van der Waals surface area (Å²) in [7, 11) is 4.70. The highest BCUT2D eigenvalue weighted by molar-refractivity contribution is 7.19. The van der Waals surface area contributed by atoms with Gasteiger partial charge in [0.15, 0.2) is 28.1 Å². The molecule has 0 aliphatic heterocycles. The van der Waals surface area contributed by atoms with Crippen molar-refractivity contribution >= 4 is 16.3 Å². The quantitative estimate of drug-likeness (QED) is 0.542. The molecule has 1 aromatic carbocycles. The molecule has 0 unspecified atom stereocenters. The van der Waals surface area contributed by atoms with Crippen LogP contribution in [0.4, 0.5) is 0 Å². The van der Waals surface area contributed by atoms with Gasteiger partial charge in [-0.05, 0) is 24.3 Å². The number of nitrogens with zero attached hydrogens (tertiary/aromatic N) is 4. The van der Waals surface area contributed by atoms with E-state index >= 15 is 0 Å². The molecule has 0 saturated carbocycles. The molecular weight excluding hydrogens is 344 g/mol. The largest absolute Gasteiger partial charge is 0.493 e. The average Bonchev–Trinajstić information content (AvgIpc) is 3.36. The Morgan fingerprint density at radius 3 is 2.40 bits per heavy atom. The minimum absolute atomic E-state index is 0.518. The van der Waals surface area contributed by atoms with Gasteiger partial charge in [-0.3, -0.25) is 0 Å². The van der Waals surface area contributed by atoms with Gasteiger partial charge in [0.2, 0.25) is 10.7 Å². The van der Waals surface area contributed by atoms with Crippen LogP contribution in [0, 0.1) is 0 Å². The number of hydrogen-bond donors (Lipinski definition) is 0. The Kier molecular flexibility index (Phi) is 3.77. The van der Waals surface area contributed by atoms with Gasteiger partial charge < -0.3 is 18.6 Å². The molecule has 0 aliphatic carbocycles. The molecule has 4 rings (SSSR count). The van der Waals surface area contributed by atoms with Gasteiger partial charge >= 0.3 is 0 Å². The van der Waals surface area contributed by atoms with Crippen molar-refractivity contribution in [2.45, 2.75) is 0 Å². The molecule has 0 bridgehead atoms. The first-order chi connectivity index (χ1) is 12.2. The molecule has 3 heterocycles. The summed E-state index contributed by atoms with van der Waals surface area (Å²) in [5.41, 5.74) is 0.748. The molecule has 128 valence electrons. The normalized spacial score (nSPS) is 11.0. The maximum atomic E-state index is 5.40. The van der Waals surface area contributed by atoms with Gasteiger partial charge in [-0.15, -0.1) is 15.3 Å². The van der Waals surface area contributed by atoms with Gasteiger partial charge in [-0.1, -0.05) is 11.3 Å². The molecular formula is C16H14N4O4S. The first kappa shape index (κ1) is 15.5. The molecule has 25 heavy (non-hydrogen) atoms. The summed E-state index contributed by atoms with van der Waals surface area (Å²) in [6, 6.07) is 7.29. The predicted molar refractivity (Wildman–Crippen MR) is 91.5 cm³/mol. The van der Waals surface area contributed by atoms with Crippen molar-refractivity contribution in [2.24, 2.45) is 0 Å². The summed E-state index contributed by atoms with van der Waals surface area (Å²) in [6.07, 6.45) is 1.61. The lowest BCUT2D eigenvalue weighted by Crippen LogP contribution is -1.97. The molecule has 0 aliphatic rings. The topological polar surface area (TPSA) is 83.9 Å². The van der Waals surface area contributed by atoms with Gasteiger partial charge in [-0.25, -0.2) is 0 Å². The van der Waals surface area contributed by atoms with E-state index in [1.807, 2.05) is 24.3 Å². The minimum Gasteiger partial charge on any atom is -0.493 e. The number of rotatable bonds is 5. The van der Waals surface area contributed by atoms with Crippen molar-refractivity contribution in [2.75, 3.05) is 21.3 Å². The summed E-state index contributed by atoms with van der Waals surface area (Å²) in [6.45, 7) is 0. The SMILES string of the molecule is COc1cc(-c2nnc3sc(-c4ccco4)nn23)cc(OC)c1OC. The third kappa shape index (κ3) is 2.49. The average molecular weight is 358 g/mol. The predicted octanol–water partition coefficient (Wildman–Crippen LogP) is 3.14. The molecule has 0 radical (unpaired) electrons. The van der Waals surface area contributed by atoms with Crippen molar-refractivity contribution in [3.8, 4) is 39.4 Å². The molecule has 0 amide bonds. The van der Waals surface area contributed by atoms with Gasteiger partial charge in [0.05, 0.1) is 27.6 Å². The number of hydrogen-bond acceptors (Lipinski definition) is 8. The highest BCUT2D eigenvalue weighted by Crippen LogP contribution is 2.41. The molecule has 9 heteroatoms. The third-order valence-electron chi connectivity index (χ3n) is 3.65. The lowest BCUT2D eigenvalue weighted by molar-refractivity contribution is 0.324. The fraction of sp³-hybridized carbons (Fsp3) is 0.188. The maximum absolute atomic E-state index is 5.40. The fourth-order valence-corrected chi connectivity index (χ4v) is 3.31. The van der Waals surface area contributed by atoms with E-state index in [1.54, 1.807) is 32.1 Å². The maximum Gasteiger partial charge on any atom is 0.235 e. The zero-order chi connectivity index (χ0) is 17.4. The van der Waals surface area contributed by atoms with Crippen LogP contribution in [-0.2, 0) is 0 Å². The Hall–Kier alpha value is -3.07. The first-order valence-electron chi connectivity index (χ1n) is 7.31. The van der Waals surface area contributed by atoms with E-state index in [-0.39, 0.29) is 0 Å². The summed E-state index contributed by atoms with van der Waals surface area (Å²) < 4.78 is 23.2. The van der Waals surface area contributed by atoms with Crippen molar-refractivity contribution in [1.29, 1.82) is 0 Å². The number of aromatic nitrogens is 4. The van der Waals surface area contributed by atoms with Crippen LogP contribution in [-0.4, -0.2) is 41.1 Å². The number of methoxy groups -OCH3 is 3. The van der Waals surface area contributed by atoms with Crippen LogP contribution < -0.4 is 14.2 Å². The Morgan fingerprint density at radius 2 is 1.80 bits per heavy atom. The van der Waals surface area contributed by atoms with E-state index in [9.17, 15) is 0 Å². The van der Waals surface area contributed by atoms with Crippen LogP contribution in [0.25, 0.3) is 27.1 Å². The molecule has 3 aromatic heterocycles. The fourth-order valence-electron chi connectivity index (χ4n) is 2.51. The van der Waals surface area contributed by atoms with Gasteiger partial charge in [0.1, 0.15) is 0 Å². The Bertz CT molecular complexity index is 997. The monoisotopic (exact) mass is 358 g/mol. The van der Waals surface area contributed by atoms with E-state index in [1.165, 1.54) is 11.3 Å². The molecule has 0 fully saturated rings. The van der Waals surface area contributed by atoms with Gasteiger partial charge in [0.25, 0.3) is 0 Å². The first-order valence-corrected chi connectivity index (χ1v) is 8.13. The smallest absolute Gasteiger partial charge is 0.235 e. The van der Waals surface area contributed by atoms with Crippen LogP contribution in [0.2, 0.25) is 0 Å². The zero-order valence-electron chi connectivity index (χ0n) is 13.7. The van der Waals surface area contributed by atoms with Crippen molar-refractivity contribution < 1.29 is 18.6 Å². The molecule has 0 N–H and O–H groups in total. The second-order valence-corrected chi connectivity index (χ2v) is 5.97. The molecule has 4 aromatic rings. The zero-order valence-corrected chi connectivity index (χ0v) is 14.5. The minimum atomic E-state index is 0.518. The number of benzene rings is 1. The van der Waals surface area contributed by atoms with E-state index in [4.69, 9.17) is 18.6 Å². The van der Waals surface area contributed by atoms with E-state index in [0.717, 1.165) is 10.6 Å².